The second kappa shape index (κ2) is 13.0. The summed E-state index contributed by atoms with van der Waals surface area (Å²) < 4.78 is 5.58. The Morgan fingerprint density at radius 1 is 1.08 bits per heavy atom. The number of fused-ring (bicyclic) bond motifs is 2. The largest absolute Gasteiger partial charge is 0.378 e. The minimum Gasteiger partial charge on any atom is -0.378 e. The third kappa shape index (κ3) is 6.46. The molecule has 0 spiro atoms. The lowest BCUT2D eigenvalue weighted by molar-refractivity contribution is 0.122. The molecule has 7 heteroatoms. The number of pyridine rings is 2. The molecule has 208 valence electrons. The van der Waals surface area contributed by atoms with Gasteiger partial charge in [-0.15, -0.1) is 5.92 Å². The highest BCUT2D eigenvalue weighted by molar-refractivity contribution is 5.72. The number of nitrogens with one attached hydrogen (secondary N) is 1. The van der Waals surface area contributed by atoms with Crippen molar-refractivity contribution in [2.45, 2.75) is 57.9 Å². The van der Waals surface area contributed by atoms with Gasteiger partial charge in [-0.1, -0.05) is 12.5 Å². The minimum atomic E-state index is 0.552. The number of aromatic nitrogens is 2. The lowest BCUT2D eigenvalue weighted by Crippen LogP contribution is -2.42. The normalized spacial score (nSPS) is 21.8. The molecule has 0 bridgehead atoms. The van der Waals surface area contributed by atoms with Gasteiger partial charge in [0.25, 0.3) is 0 Å². The molecule has 2 aromatic rings. The Labute approximate surface area is 234 Å². The summed E-state index contributed by atoms with van der Waals surface area (Å²) in [6.45, 7) is 15.7. The molecule has 1 unspecified atom stereocenters. The highest BCUT2D eigenvalue weighted by Gasteiger charge is 2.31. The minimum absolute atomic E-state index is 0.552. The number of likely N-dealkylation sites (tertiary alicyclic amines) is 2. The van der Waals surface area contributed by atoms with Gasteiger partial charge in [0.1, 0.15) is 5.82 Å². The van der Waals surface area contributed by atoms with Crippen molar-refractivity contribution in [1.29, 1.82) is 0 Å². The zero-order valence-corrected chi connectivity index (χ0v) is 24.0. The summed E-state index contributed by atoms with van der Waals surface area (Å²) in [5, 5.41) is 3.74. The predicted octanol–water partition coefficient (Wildman–Crippen LogP) is 4.54. The standard InChI is InChI=1S/C27H38N6O.C5H6/c1-19-22-3-4-23-26(33-13-15-34-16-14-33)5-9-28-27(23)30-25(22)17-24(29-19)20-6-11-32(12-7-20)21-8-10-31(2)18-21;1-3-5-4-2/h5,9,17,20-21H,3-4,6-8,10-16,18H2,1-2H3,(H,28,30);3H,1H2,2H3. The average Bonchev–Trinajstić information content (AvgIpc) is 3.30. The van der Waals surface area contributed by atoms with Crippen molar-refractivity contribution in [3.63, 3.8) is 0 Å². The molecular weight excluding hydrogens is 484 g/mol. The summed E-state index contributed by atoms with van der Waals surface area (Å²) in [5.74, 6) is 6.84. The van der Waals surface area contributed by atoms with E-state index in [1.54, 1.807) is 13.0 Å². The van der Waals surface area contributed by atoms with E-state index >= 15 is 0 Å². The monoisotopic (exact) mass is 528 g/mol. The topological polar surface area (TPSA) is 56.8 Å². The summed E-state index contributed by atoms with van der Waals surface area (Å²) in [5.41, 5.74) is 7.65. The first kappa shape index (κ1) is 27.6. The van der Waals surface area contributed by atoms with Crippen LogP contribution in [0.15, 0.2) is 31.0 Å². The summed E-state index contributed by atoms with van der Waals surface area (Å²) in [7, 11) is 2.25. The fourth-order valence-electron chi connectivity index (χ4n) is 6.55. The van der Waals surface area contributed by atoms with Crippen LogP contribution >= 0.6 is 0 Å². The number of allylic oxidation sites excluding steroid dienone is 1. The third-order valence-electron chi connectivity index (χ3n) is 8.69. The zero-order valence-electron chi connectivity index (χ0n) is 24.0. The lowest BCUT2D eigenvalue weighted by Gasteiger charge is -2.36. The molecule has 39 heavy (non-hydrogen) atoms. The molecule has 1 atom stereocenters. The fourth-order valence-corrected chi connectivity index (χ4v) is 6.55. The molecule has 0 aliphatic carbocycles. The van der Waals surface area contributed by atoms with Crippen LogP contribution in [0.1, 0.15) is 54.6 Å². The van der Waals surface area contributed by atoms with Gasteiger partial charge >= 0.3 is 0 Å². The van der Waals surface area contributed by atoms with Crippen molar-refractivity contribution in [3.05, 3.63) is 53.5 Å². The molecule has 6 rings (SSSR count). The van der Waals surface area contributed by atoms with Crippen LogP contribution in [0, 0.1) is 18.8 Å². The Kier molecular flexibility index (Phi) is 9.18. The third-order valence-corrected chi connectivity index (χ3v) is 8.69. The predicted molar refractivity (Wildman–Crippen MR) is 160 cm³/mol. The maximum absolute atomic E-state index is 5.58. The molecule has 4 aliphatic heterocycles. The number of morpholine rings is 1. The number of likely N-dealkylation sites (N-methyl/N-ethyl adjacent to an activating group) is 1. The number of piperidine rings is 1. The second-order valence-electron chi connectivity index (χ2n) is 11.2. The van der Waals surface area contributed by atoms with Crippen molar-refractivity contribution in [2.75, 3.05) is 69.7 Å². The molecule has 6 heterocycles. The van der Waals surface area contributed by atoms with Crippen LogP contribution < -0.4 is 10.2 Å². The molecule has 0 amide bonds. The highest BCUT2D eigenvalue weighted by atomic mass is 16.5. The summed E-state index contributed by atoms with van der Waals surface area (Å²) >= 11 is 0. The quantitative estimate of drug-likeness (QED) is 0.587. The van der Waals surface area contributed by atoms with Crippen LogP contribution in [0.2, 0.25) is 0 Å². The van der Waals surface area contributed by atoms with Crippen molar-refractivity contribution in [1.82, 2.24) is 19.8 Å². The van der Waals surface area contributed by atoms with E-state index in [1.165, 1.54) is 79.3 Å². The van der Waals surface area contributed by atoms with Crippen molar-refractivity contribution in [2.24, 2.45) is 0 Å². The fraction of sp³-hybridized carbons (Fsp3) is 0.562. The van der Waals surface area contributed by atoms with Gasteiger partial charge in [-0.25, -0.2) is 4.98 Å². The first-order chi connectivity index (χ1) is 19.1. The number of hydrogen-bond donors (Lipinski definition) is 1. The Morgan fingerprint density at radius 3 is 2.51 bits per heavy atom. The van der Waals surface area contributed by atoms with Crippen LogP contribution in [0.3, 0.4) is 0 Å². The molecule has 2 aromatic heterocycles. The van der Waals surface area contributed by atoms with E-state index in [0.29, 0.717) is 5.92 Å². The summed E-state index contributed by atoms with van der Waals surface area (Å²) in [6.07, 6.45) is 9.26. The highest BCUT2D eigenvalue weighted by Crippen LogP contribution is 2.38. The molecule has 7 nitrogen and oxygen atoms in total. The lowest BCUT2D eigenvalue weighted by atomic mass is 9.90. The van der Waals surface area contributed by atoms with Gasteiger partial charge in [-0.3, -0.25) is 9.88 Å². The van der Waals surface area contributed by atoms with Gasteiger partial charge < -0.3 is 19.9 Å². The van der Waals surface area contributed by atoms with E-state index in [4.69, 9.17) is 14.7 Å². The van der Waals surface area contributed by atoms with E-state index in [-0.39, 0.29) is 0 Å². The van der Waals surface area contributed by atoms with Crippen LogP contribution in [-0.4, -0.2) is 85.3 Å². The summed E-state index contributed by atoms with van der Waals surface area (Å²) in [6, 6.07) is 5.26. The molecule has 3 saturated heterocycles. The van der Waals surface area contributed by atoms with Gasteiger partial charge in [-0.05, 0) is 96.4 Å². The first-order valence-electron chi connectivity index (χ1n) is 14.6. The number of aryl methyl sites for hydroxylation is 1. The van der Waals surface area contributed by atoms with Gasteiger partial charge in [0.15, 0.2) is 0 Å². The number of rotatable bonds is 3. The number of hydrogen-bond acceptors (Lipinski definition) is 7. The maximum Gasteiger partial charge on any atom is 0.135 e. The zero-order chi connectivity index (χ0) is 27.2. The molecule has 4 aliphatic rings. The van der Waals surface area contributed by atoms with Crippen LogP contribution in [0.25, 0.3) is 0 Å². The average molecular weight is 529 g/mol. The molecule has 0 saturated carbocycles. The number of ether oxygens (including phenoxy) is 1. The van der Waals surface area contributed by atoms with Crippen LogP contribution in [0.5, 0.6) is 0 Å². The van der Waals surface area contributed by atoms with Crippen molar-refractivity contribution < 1.29 is 4.74 Å². The smallest absolute Gasteiger partial charge is 0.135 e. The van der Waals surface area contributed by atoms with Crippen molar-refractivity contribution >= 4 is 17.2 Å². The first-order valence-corrected chi connectivity index (χ1v) is 14.6. The molecule has 3 fully saturated rings. The van der Waals surface area contributed by atoms with Crippen LogP contribution in [-0.2, 0) is 17.6 Å². The summed E-state index contributed by atoms with van der Waals surface area (Å²) in [4.78, 5) is 17.6. The molecule has 0 radical (unpaired) electrons. The Balaban J connectivity index is 0.000000567. The Hall–Kier alpha value is -2.92. The van der Waals surface area contributed by atoms with E-state index in [9.17, 15) is 0 Å². The molecule has 0 aromatic carbocycles. The SMILES string of the molecule is C=CC#CC.Cc1nc(C2CCN(C3CCN(C)C3)CC2)cc2c1CCc1c(N3CCOCC3)ccnc1N2. The van der Waals surface area contributed by atoms with E-state index in [2.05, 4.69) is 64.5 Å². The van der Waals surface area contributed by atoms with Gasteiger partial charge in [0.05, 0.1) is 13.2 Å². The molecule has 1 N–H and O–H groups in total. The Morgan fingerprint density at radius 2 is 1.85 bits per heavy atom. The number of anilines is 3. The molecular formula is C32H44N6O. The van der Waals surface area contributed by atoms with E-state index < -0.39 is 0 Å². The van der Waals surface area contributed by atoms with Crippen LogP contribution in [0.4, 0.5) is 17.2 Å². The van der Waals surface area contributed by atoms with E-state index in [1.807, 2.05) is 6.20 Å². The van der Waals surface area contributed by atoms with E-state index in [0.717, 1.165) is 51.0 Å². The van der Waals surface area contributed by atoms with Gasteiger partial charge in [-0.2, -0.15) is 0 Å². The second-order valence-corrected chi connectivity index (χ2v) is 11.2. The maximum atomic E-state index is 5.58. The van der Waals surface area contributed by atoms with Gasteiger partial charge in [0.2, 0.25) is 0 Å². The van der Waals surface area contributed by atoms with Crippen molar-refractivity contribution in [3.8, 4) is 11.8 Å². The van der Waals surface area contributed by atoms with Gasteiger partial charge in [0, 0.05) is 66.1 Å². The Bertz CT molecular complexity index is 1200. The number of nitrogens with zero attached hydrogens (tertiary/aromatic N) is 5.